The molecule has 0 radical (unpaired) electrons. The van der Waals surface area contributed by atoms with E-state index in [1.54, 1.807) is 0 Å². The fourth-order valence-corrected chi connectivity index (χ4v) is 4.29. The minimum absolute atomic E-state index is 0.220. The van der Waals surface area contributed by atoms with Crippen LogP contribution in [0.2, 0.25) is 0 Å². The van der Waals surface area contributed by atoms with Gasteiger partial charge in [0.1, 0.15) is 0 Å². The van der Waals surface area contributed by atoms with Gasteiger partial charge in [-0.25, -0.2) is 0 Å². The molecule has 2 N–H and O–H groups in total. The molecule has 1 aliphatic heterocycles. The van der Waals surface area contributed by atoms with Gasteiger partial charge in [-0.3, -0.25) is 9.59 Å². The molecule has 1 aromatic carbocycles. The van der Waals surface area contributed by atoms with Gasteiger partial charge in [0.25, 0.3) is 0 Å². The molecule has 128 valence electrons. The second-order valence-corrected chi connectivity index (χ2v) is 6.97. The van der Waals surface area contributed by atoms with E-state index < -0.39 is 23.8 Å². The number of aliphatic carboxylic acids is 2. The summed E-state index contributed by atoms with van der Waals surface area (Å²) in [5.41, 5.74) is 3.02. The zero-order valence-electron chi connectivity index (χ0n) is 14.0. The lowest BCUT2D eigenvalue weighted by molar-refractivity contribution is -0.157. The fourth-order valence-electron chi connectivity index (χ4n) is 4.29. The number of likely N-dealkylation sites (tertiary alicyclic amines) is 1. The Morgan fingerprint density at radius 1 is 1.12 bits per heavy atom. The van der Waals surface area contributed by atoms with E-state index in [4.69, 9.17) is 0 Å². The minimum atomic E-state index is -1.03. The molecule has 5 nitrogen and oxygen atoms in total. The normalized spacial score (nSPS) is 30.3. The summed E-state index contributed by atoms with van der Waals surface area (Å²) in [4.78, 5) is 26.1. The Hall–Kier alpha value is -2.14. The molecule has 0 aromatic heterocycles. The summed E-state index contributed by atoms with van der Waals surface area (Å²) < 4.78 is 0. The lowest BCUT2D eigenvalue weighted by Gasteiger charge is -2.43. The van der Waals surface area contributed by atoms with Crippen molar-refractivity contribution in [1.82, 2.24) is 4.90 Å². The smallest absolute Gasteiger partial charge is 0.308 e. The molecule has 0 amide bonds. The van der Waals surface area contributed by atoms with Crippen molar-refractivity contribution in [2.75, 3.05) is 20.1 Å². The summed E-state index contributed by atoms with van der Waals surface area (Å²) in [6.45, 7) is 3.43. The third-order valence-corrected chi connectivity index (χ3v) is 5.49. The SMILES string of the molecule is Cc1ccccc1C1C=C2CCN(C)CC2C(C(=O)O)C1C(=O)O. The molecule has 1 saturated heterocycles. The second-order valence-electron chi connectivity index (χ2n) is 6.97. The number of hydrogen-bond acceptors (Lipinski definition) is 3. The number of fused-ring (bicyclic) bond motifs is 1. The lowest BCUT2D eigenvalue weighted by atomic mass is 9.63. The molecule has 2 aliphatic rings. The van der Waals surface area contributed by atoms with Crippen molar-refractivity contribution in [2.45, 2.75) is 19.3 Å². The molecule has 1 aliphatic carbocycles. The Morgan fingerprint density at radius 3 is 2.42 bits per heavy atom. The van der Waals surface area contributed by atoms with Gasteiger partial charge in [0.15, 0.2) is 0 Å². The number of piperidine rings is 1. The number of nitrogens with zero attached hydrogens (tertiary/aromatic N) is 1. The van der Waals surface area contributed by atoms with E-state index in [0.717, 1.165) is 29.7 Å². The quantitative estimate of drug-likeness (QED) is 0.833. The van der Waals surface area contributed by atoms with Crippen LogP contribution in [0.3, 0.4) is 0 Å². The molecule has 1 fully saturated rings. The first-order valence-corrected chi connectivity index (χ1v) is 8.30. The first kappa shape index (κ1) is 16.7. The van der Waals surface area contributed by atoms with Crippen LogP contribution in [0, 0.1) is 24.7 Å². The Bertz CT molecular complexity index is 696. The summed E-state index contributed by atoms with van der Waals surface area (Å²) in [5, 5.41) is 19.6. The Balaban J connectivity index is 2.13. The molecule has 0 bridgehead atoms. The molecular weight excluding hydrogens is 306 g/mol. The average Bonchev–Trinajstić information content (AvgIpc) is 2.53. The first-order valence-electron chi connectivity index (χ1n) is 8.30. The summed E-state index contributed by atoms with van der Waals surface area (Å²) in [6.07, 6.45) is 2.85. The molecule has 1 heterocycles. The van der Waals surface area contributed by atoms with Crippen LogP contribution in [-0.4, -0.2) is 47.2 Å². The minimum Gasteiger partial charge on any atom is -0.481 e. The maximum Gasteiger partial charge on any atom is 0.308 e. The van der Waals surface area contributed by atoms with Crippen molar-refractivity contribution in [3.63, 3.8) is 0 Å². The largest absolute Gasteiger partial charge is 0.481 e. The number of carbonyl (C=O) groups is 2. The van der Waals surface area contributed by atoms with Crippen LogP contribution in [0.15, 0.2) is 35.9 Å². The third kappa shape index (κ3) is 2.84. The summed E-state index contributed by atoms with van der Waals surface area (Å²) >= 11 is 0. The van der Waals surface area contributed by atoms with Gasteiger partial charge in [0.05, 0.1) is 11.8 Å². The van der Waals surface area contributed by atoms with Crippen molar-refractivity contribution < 1.29 is 19.8 Å². The molecule has 4 unspecified atom stereocenters. The highest BCUT2D eigenvalue weighted by molar-refractivity contribution is 5.82. The molecule has 24 heavy (non-hydrogen) atoms. The van der Waals surface area contributed by atoms with Crippen molar-refractivity contribution in [1.29, 1.82) is 0 Å². The molecule has 0 saturated carbocycles. The van der Waals surface area contributed by atoms with E-state index in [-0.39, 0.29) is 11.8 Å². The summed E-state index contributed by atoms with van der Waals surface area (Å²) in [7, 11) is 1.96. The van der Waals surface area contributed by atoms with Crippen LogP contribution in [-0.2, 0) is 9.59 Å². The van der Waals surface area contributed by atoms with Gasteiger partial charge < -0.3 is 15.1 Å². The molecule has 0 spiro atoms. The van der Waals surface area contributed by atoms with Gasteiger partial charge in [0, 0.05) is 24.9 Å². The number of benzene rings is 1. The highest BCUT2D eigenvalue weighted by atomic mass is 16.4. The van der Waals surface area contributed by atoms with Crippen molar-refractivity contribution in [3.8, 4) is 0 Å². The number of hydrogen-bond donors (Lipinski definition) is 2. The van der Waals surface area contributed by atoms with Gasteiger partial charge in [0.2, 0.25) is 0 Å². The first-order chi connectivity index (χ1) is 11.4. The number of carboxylic acid groups (broad SMARTS) is 2. The van der Waals surface area contributed by atoms with Crippen LogP contribution < -0.4 is 0 Å². The summed E-state index contributed by atoms with van der Waals surface area (Å²) in [6, 6.07) is 7.67. The maximum atomic E-state index is 12.0. The van der Waals surface area contributed by atoms with E-state index in [1.165, 1.54) is 0 Å². The molecule has 4 atom stereocenters. The second kappa shape index (κ2) is 6.40. The summed E-state index contributed by atoms with van der Waals surface area (Å²) in [5.74, 6) is -4.48. The number of carboxylic acids is 2. The Kier molecular flexibility index (Phi) is 4.45. The highest BCUT2D eigenvalue weighted by Gasteiger charge is 2.49. The highest BCUT2D eigenvalue weighted by Crippen LogP contribution is 2.46. The van der Waals surface area contributed by atoms with Crippen molar-refractivity contribution in [2.24, 2.45) is 17.8 Å². The van der Waals surface area contributed by atoms with E-state index in [0.29, 0.717) is 6.54 Å². The third-order valence-electron chi connectivity index (χ3n) is 5.49. The zero-order valence-corrected chi connectivity index (χ0v) is 14.0. The van der Waals surface area contributed by atoms with Crippen LogP contribution in [0.1, 0.15) is 23.5 Å². The topological polar surface area (TPSA) is 77.8 Å². The van der Waals surface area contributed by atoms with Gasteiger partial charge in [-0.05, 0) is 31.5 Å². The van der Waals surface area contributed by atoms with Gasteiger partial charge in [-0.1, -0.05) is 35.9 Å². The van der Waals surface area contributed by atoms with E-state index in [2.05, 4.69) is 4.90 Å². The Labute approximate surface area is 141 Å². The van der Waals surface area contributed by atoms with Crippen molar-refractivity contribution in [3.05, 3.63) is 47.0 Å². The maximum absolute atomic E-state index is 12.0. The lowest BCUT2D eigenvalue weighted by Crippen LogP contribution is -2.48. The Morgan fingerprint density at radius 2 is 1.79 bits per heavy atom. The van der Waals surface area contributed by atoms with Gasteiger partial charge in [-0.2, -0.15) is 0 Å². The molecule has 5 heteroatoms. The van der Waals surface area contributed by atoms with E-state index in [9.17, 15) is 19.8 Å². The van der Waals surface area contributed by atoms with Gasteiger partial charge in [-0.15, -0.1) is 0 Å². The van der Waals surface area contributed by atoms with Crippen LogP contribution in [0.5, 0.6) is 0 Å². The van der Waals surface area contributed by atoms with Crippen LogP contribution in [0.25, 0.3) is 0 Å². The average molecular weight is 329 g/mol. The fraction of sp³-hybridized carbons (Fsp3) is 0.474. The molecular formula is C19H23NO4. The van der Waals surface area contributed by atoms with Crippen LogP contribution >= 0.6 is 0 Å². The number of allylic oxidation sites excluding steroid dienone is 1. The number of rotatable bonds is 3. The van der Waals surface area contributed by atoms with Crippen LogP contribution in [0.4, 0.5) is 0 Å². The monoisotopic (exact) mass is 329 g/mol. The predicted octanol–water partition coefficient (Wildman–Crippen LogP) is 2.37. The standard InChI is InChI=1S/C19H23NO4/c1-11-5-3-4-6-13(11)14-9-12-7-8-20(2)10-15(12)17(19(23)24)16(14)18(21)22/h3-6,9,14-17H,7-8,10H2,1-2H3,(H,21,22)(H,23,24). The van der Waals surface area contributed by atoms with Gasteiger partial charge >= 0.3 is 11.9 Å². The van der Waals surface area contributed by atoms with E-state index >= 15 is 0 Å². The zero-order chi connectivity index (χ0) is 17.4. The molecule has 3 rings (SSSR count). The number of aryl methyl sites for hydroxylation is 1. The molecule has 1 aromatic rings. The van der Waals surface area contributed by atoms with E-state index in [1.807, 2.05) is 44.3 Å². The predicted molar refractivity (Wildman–Crippen MR) is 89.9 cm³/mol. The van der Waals surface area contributed by atoms with Crippen molar-refractivity contribution >= 4 is 11.9 Å².